The van der Waals surface area contributed by atoms with E-state index in [1.807, 2.05) is 4.57 Å². The number of carbonyl (C=O) groups excluding carboxylic acids is 1. The molecule has 1 rings (SSSR count). The van der Waals surface area contributed by atoms with Gasteiger partial charge in [0.15, 0.2) is 5.96 Å². The fourth-order valence-electron chi connectivity index (χ4n) is 1.98. The second-order valence-electron chi connectivity index (χ2n) is 6.28. The maximum Gasteiger partial charge on any atom is 0.243 e. The van der Waals surface area contributed by atoms with Crippen LogP contribution in [0.3, 0.4) is 0 Å². The van der Waals surface area contributed by atoms with Crippen molar-refractivity contribution in [1.29, 1.82) is 0 Å². The molecule has 0 radical (unpaired) electrons. The maximum atomic E-state index is 11.7. The number of amides is 1. The van der Waals surface area contributed by atoms with E-state index in [1.54, 1.807) is 25.3 Å². The first-order chi connectivity index (χ1) is 11.4. The summed E-state index contributed by atoms with van der Waals surface area (Å²) < 4.78 is 2.02. The molecule has 0 aliphatic carbocycles. The average Bonchev–Trinajstić information content (AvgIpc) is 2.98. The van der Waals surface area contributed by atoms with E-state index < -0.39 is 0 Å². The lowest BCUT2D eigenvalue weighted by Crippen LogP contribution is -2.40. The molecule has 0 aliphatic rings. The highest BCUT2D eigenvalue weighted by Gasteiger charge is 2.06. The van der Waals surface area contributed by atoms with Gasteiger partial charge in [0.2, 0.25) is 5.91 Å². The van der Waals surface area contributed by atoms with Gasteiger partial charge in [-0.2, -0.15) is 0 Å². The zero-order chi connectivity index (χ0) is 17.9. The molecule has 1 aromatic heterocycles. The third-order valence-electron chi connectivity index (χ3n) is 3.54. The predicted molar refractivity (Wildman–Crippen MR) is 95.9 cm³/mol. The van der Waals surface area contributed by atoms with Gasteiger partial charge in [0.1, 0.15) is 18.7 Å². The van der Waals surface area contributed by atoms with Crippen LogP contribution < -0.4 is 10.6 Å². The molecule has 0 atom stereocenters. The number of aliphatic imine (C=N–C) groups is 1. The Morgan fingerprint density at radius 2 is 2.04 bits per heavy atom. The smallest absolute Gasteiger partial charge is 0.243 e. The third kappa shape index (κ3) is 7.43. The van der Waals surface area contributed by atoms with Crippen molar-refractivity contribution in [3.63, 3.8) is 0 Å². The molecule has 1 aromatic rings. The quantitative estimate of drug-likeness (QED) is 0.506. The number of likely N-dealkylation sites (N-methyl/N-ethyl adjacent to an activating group) is 1. The van der Waals surface area contributed by atoms with Crippen LogP contribution in [0.1, 0.15) is 33.0 Å². The minimum atomic E-state index is -0.0213. The van der Waals surface area contributed by atoms with Crippen LogP contribution in [-0.4, -0.2) is 65.3 Å². The number of carbonyl (C=O) groups is 1. The monoisotopic (exact) mass is 337 g/mol. The Labute approximate surface area is 144 Å². The van der Waals surface area contributed by atoms with Crippen LogP contribution in [0.25, 0.3) is 0 Å². The summed E-state index contributed by atoms with van der Waals surface area (Å²) in [4.78, 5) is 17.6. The summed E-state index contributed by atoms with van der Waals surface area (Å²) in [5.74, 6) is 2.22. The Balaban J connectivity index is 2.53. The van der Waals surface area contributed by atoms with Crippen molar-refractivity contribution in [1.82, 2.24) is 30.3 Å². The lowest BCUT2D eigenvalue weighted by molar-refractivity contribution is -0.127. The molecule has 0 aliphatic heterocycles. The number of nitrogens with one attached hydrogen (secondary N) is 2. The molecule has 1 heterocycles. The van der Waals surface area contributed by atoms with Gasteiger partial charge in [-0.05, 0) is 12.3 Å². The fraction of sp³-hybridized carbons (Fsp3) is 0.750. The van der Waals surface area contributed by atoms with Crippen molar-refractivity contribution >= 4 is 11.9 Å². The highest BCUT2D eigenvalue weighted by molar-refractivity contribution is 5.84. The maximum absolute atomic E-state index is 11.7. The van der Waals surface area contributed by atoms with Crippen LogP contribution in [0.15, 0.2) is 11.3 Å². The van der Waals surface area contributed by atoms with Gasteiger partial charge in [-0.1, -0.05) is 20.8 Å². The Bertz CT molecular complexity index is 522. The van der Waals surface area contributed by atoms with Gasteiger partial charge in [0.05, 0.1) is 0 Å². The number of hydrogen-bond acceptors (Lipinski definition) is 4. The van der Waals surface area contributed by atoms with E-state index in [9.17, 15) is 4.79 Å². The minimum absolute atomic E-state index is 0.0213. The molecule has 0 unspecified atom stereocenters. The van der Waals surface area contributed by atoms with Crippen LogP contribution >= 0.6 is 0 Å². The van der Waals surface area contributed by atoms with E-state index in [4.69, 9.17) is 0 Å². The average molecular weight is 337 g/mol. The lowest BCUT2D eigenvalue weighted by Gasteiger charge is -2.15. The van der Waals surface area contributed by atoms with Crippen LogP contribution in [0.2, 0.25) is 0 Å². The summed E-state index contributed by atoms with van der Waals surface area (Å²) in [6.45, 7) is 8.82. The molecule has 136 valence electrons. The standard InChI is InChI=1S/C16H31N7O/c1-6-14-21-20-12-23(14)10-9-18-16(17-8-7-13(2)3)19-11-15(24)22(4)5/h12-13H,6-11H2,1-5H3,(H2,17,18,19). The first-order valence-electron chi connectivity index (χ1n) is 8.53. The van der Waals surface area contributed by atoms with Crippen molar-refractivity contribution in [2.45, 2.75) is 40.2 Å². The second-order valence-corrected chi connectivity index (χ2v) is 6.28. The summed E-state index contributed by atoms with van der Waals surface area (Å²) in [5.41, 5.74) is 0. The molecule has 0 bridgehead atoms. The van der Waals surface area contributed by atoms with E-state index in [0.29, 0.717) is 18.4 Å². The summed E-state index contributed by atoms with van der Waals surface area (Å²) in [7, 11) is 3.46. The molecule has 0 spiro atoms. The highest BCUT2D eigenvalue weighted by atomic mass is 16.2. The van der Waals surface area contributed by atoms with E-state index in [0.717, 1.165) is 31.8 Å². The molecule has 8 heteroatoms. The van der Waals surface area contributed by atoms with Gasteiger partial charge in [0.25, 0.3) is 0 Å². The Hall–Kier alpha value is -2.12. The number of aromatic nitrogens is 3. The molecular formula is C16H31N7O. The van der Waals surface area contributed by atoms with Crippen molar-refractivity contribution in [3.8, 4) is 0 Å². The van der Waals surface area contributed by atoms with Crippen LogP contribution in [0.4, 0.5) is 0 Å². The van der Waals surface area contributed by atoms with Crippen LogP contribution in [0.5, 0.6) is 0 Å². The topological polar surface area (TPSA) is 87.4 Å². The fourth-order valence-corrected chi connectivity index (χ4v) is 1.98. The van der Waals surface area contributed by atoms with Gasteiger partial charge >= 0.3 is 0 Å². The number of nitrogens with zero attached hydrogens (tertiary/aromatic N) is 5. The van der Waals surface area contributed by atoms with E-state index in [2.05, 4.69) is 46.6 Å². The molecule has 0 fully saturated rings. The Morgan fingerprint density at radius 3 is 2.67 bits per heavy atom. The van der Waals surface area contributed by atoms with Gasteiger partial charge in [-0.15, -0.1) is 10.2 Å². The number of aryl methyl sites for hydroxylation is 1. The summed E-state index contributed by atoms with van der Waals surface area (Å²) in [5, 5.41) is 14.5. The van der Waals surface area contributed by atoms with Gasteiger partial charge in [-0.3, -0.25) is 4.79 Å². The van der Waals surface area contributed by atoms with Crippen molar-refractivity contribution in [3.05, 3.63) is 12.2 Å². The van der Waals surface area contributed by atoms with Crippen molar-refractivity contribution in [2.75, 3.05) is 33.7 Å². The molecular weight excluding hydrogens is 306 g/mol. The zero-order valence-electron chi connectivity index (χ0n) is 15.5. The largest absolute Gasteiger partial charge is 0.356 e. The van der Waals surface area contributed by atoms with Gasteiger partial charge in [0, 0.05) is 40.2 Å². The first kappa shape index (κ1) is 19.9. The third-order valence-corrected chi connectivity index (χ3v) is 3.54. The number of hydrogen-bond donors (Lipinski definition) is 2. The SMILES string of the molecule is CCc1nncn1CCNC(=NCC(=O)N(C)C)NCCC(C)C. The summed E-state index contributed by atoms with van der Waals surface area (Å²) in [6, 6.07) is 0. The molecule has 0 saturated carbocycles. The van der Waals surface area contributed by atoms with Gasteiger partial charge < -0.3 is 20.1 Å². The molecule has 0 saturated heterocycles. The molecule has 24 heavy (non-hydrogen) atoms. The second kappa shape index (κ2) is 10.6. The van der Waals surface area contributed by atoms with E-state index >= 15 is 0 Å². The van der Waals surface area contributed by atoms with Crippen molar-refractivity contribution in [2.24, 2.45) is 10.9 Å². The number of guanidine groups is 1. The zero-order valence-corrected chi connectivity index (χ0v) is 15.5. The Morgan fingerprint density at radius 1 is 1.33 bits per heavy atom. The van der Waals surface area contributed by atoms with Gasteiger partial charge in [-0.25, -0.2) is 4.99 Å². The van der Waals surface area contributed by atoms with Crippen LogP contribution in [-0.2, 0) is 17.8 Å². The normalized spacial score (nSPS) is 11.7. The summed E-state index contributed by atoms with van der Waals surface area (Å²) in [6.07, 6.45) is 3.64. The predicted octanol–water partition coefficient (Wildman–Crippen LogP) is 0.510. The molecule has 1 amide bonds. The molecule has 8 nitrogen and oxygen atoms in total. The van der Waals surface area contributed by atoms with E-state index in [-0.39, 0.29) is 12.5 Å². The van der Waals surface area contributed by atoms with E-state index in [1.165, 1.54) is 0 Å². The Kier molecular flexibility index (Phi) is 8.81. The summed E-state index contributed by atoms with van der Waals surface area (Å²) >= 11 is 0. The van der Waals surface area contributed by atoms with Crippen molar-refractivity contribution < 1.29 is 4.79 Å². The molecule has 2 N–H and O–H groups in total. The van der Waals surface area contributed by atoms with Crippen LogP contribution in [0, 0.1) is 5.92 Å². The minimum Gasteiger partial charge on any atom is -0.356 e. The number of rotatable bonds is 9. The highest BCUT2D eigenvalue weighted by Crippen LogP contribution is 1.97. The first-order valence-corrected chi connectivity index (χ1v) is 8.53. The lowest BCUT2D eigenvalue weighted by atomic mass is 10.1. The molecule has 0 aromatic carbocycles.